The molecule has 39 heavy (non-hydrogen) atoms. The Morgan fingerprint density at radius 2 is 1.62 bits per heavy atom. The van der Waals surface area contributed by atoms with Gasteiger partial charge in [-0.2, -0.15) is 5.10 Å². The third kappa shape index (κ3) is 7.04. The molecule has 0 aliphatic carbocycles. The fourth-order valence-electron chi connectivity index (χ4n) is 3.52. The summed E-state index contributed by atoms with van der Waals surface area (Å²) in [6, 6.07) is 25.3. The van der Waals surface area contributed by atoms with Crippen molar-refractivity contribution >= 4 is 35.5 Å². The van der Waals surface area contributed by atoms with Crippen molar-refractivity contribution in [3.05, 3.63) is 124 Å². The quantitative estimate of drug-likeness (QED) is 0.140. The Hall–Kier alpha value is -5.51. The molecule has 1 aromatic heterocycles. The van der Waals surface area contributed by atoms with Gasteiger partial charge >= 0.3 is 0 Å². The van der Waals surface area contributed by atoms with E-state index in [1.165, 1.54) is 18.3 Å². The molecule has 0 unspecified atom stereocenters. The third-order valence-electron chi connectivity index (χ3n) is 5.60. The van der Waals surface area contributed by atoms with Crippen LogP contribution in [0.4, 0.5) is 11.4 Å². The monoisotopic (exact) mass is 523 g/mol. The van der Waals surface area contributed by atoms with Crippen molar-refractivity contribution in [2.75, 3.05) is 19.0 Å². The van der Waals surface area contributed by atoms with Crippen molar-refractivity contribution in [1.82, 2.24) is 10.7 Å². The molecule has 10 nitrogen and oxygen atoms in total. The maximum Gasteiger partial charge on any atom is 0.287 e. The van der Waals surface area contributed by atoms with Crippen molar-refractivity contribution in [1.29, 1.82) is 0 Å². The topological polar surface area (TPSA) is 130 Å². The zero-order valence-electron chi connectivity index (χ0n) is 21.2. The molecule has 0 saturated carbocycles. The first-order valence-corrected chi connectivity index (χ1v) is 11.8. The smallest absolute Gasteiger partial charge is 0.287 e. The lowest BCUT2D eigenvalue weighted by molar-refractivity contribution is -0.384. The van der Waals surface area contributed by atoms with Crippen LogP contribution in [0.1, 0.15) is 21.7 Å². The van der Waals surface area contributed by atoms with Gasteiger partial charge in [-0.3, -0.25) is 19.7 Å². The van der Waals surface area contributed by atoms with Gasteiger partial charge in [0.25, 0.3) is 17.5 Å². The molecule has 4 aromatic rings. The number of carbonyl (C=O) groups excluding carboxylic acids is 2. The number of furan rings is 1. The SMILES string of the molecule is CN(C)c1ccc(C=C(NC(=O)c2ccccc2)C(=O)NN=Cc2ccc(-c3ccc([N+](=O)[O-])cc3)o2)cc1. The zero-order chi connectivity index (χ0) is 27.8. The number of non-ortho nitro benzene ring substituents is 1. The number of amides is 2. The molecule has 0 fully saturated rings. The maximum atomic E-state index is 13.0. The number of benzene rings is 3. The van der Waals surface area contributed by atoms with Crippen molar-refractivity contribution in [2.24, 2.45) is 5.10 Å². The largest absolute Gasteiger partial charge is 0.455 e. The fraction of sp³-hybridized carbons (Fsp3) is 0.0690. The lowest BCUT2D eigenvalue weighted by Crippen LogP contribution is -2.32. The van der Waals surface area contributed by atoms with Gasteiger partial charge in [0.1, 0.15) is 17.2 Å². The van der Waals surface area contributed by atoms with E-state index in [2.05, 4.69) is 15.8 Å². The van der Waals surface area contributed by atoms with Gasteiger partial charge in [0.05, 0.1) is 11.1 Å². The van der Waals surface area contributed by atoms with Crippen molar-refractivity contribution in [2.45, 2.75) is 0 Å². The van der Waals surface area contributed by atoms with Crippen LogP contribution in [0.15, 0.2) is 106 Å². The minimum Gasteiger partial charge on any atom is -0.455 e. The summed E-state index contributed by atoms with van der Waals surface area (Å²) < 4.78 is 5.70. The average Bonchev–Trinajstić information content (AvgIpc) is 3.42. The van der Waals surface area contributed by atoms with E-state index in [0.717, 1.165) is 5.69 Å². The van der Waals surface area contributed by atoms with Crippen LogP contribution in [-0.4, -0.2) is 37.0 Å². The van der Waals surface area contributed by atoms with E-state index in [4.69, 9.17) is 4.42 Å². The molecule has 2 N–H and O–H groups in total. The number of hydrazone groups is 1. The number of hydrogen-bond donors (Lipinski definition) is 2. The molecule has 0 spiro atoms. The van der Waals surface area contributed by atoms with E-state index < -0.39 is 16.7 Å². The number of nitrogens with one attached hydrogen (secondary N) is 2. The van der Waals surface area contributed by atoms with Gasteiger partial charge in [0.15, 0.2) is 0 Å². The highest BCUT2D eigenvalue weighted by molar-refractivity contribution is 6.05. The normalized spacial score (nSPS) is 11.3. The van der Waals surface area contributed by atoms with Gasteiger partial charge in [-0.05, 0) is 60.2 Å². The molecule has 0 atom stereocenters. The van der Waals surface area contributed by atoms with E-state index in [1.54, 1.807) is 60.7 Å². The summed E-state index contributed by atoms with van der Waals surface area (Å²) in [7, 11) is 3.85. The third-order valence-corrected chi connectivity index (χ3v) is 5.60. The summed E-state index contributed by atoms with van der Waals surface area (Å²) in [5.74, 6) is -0.240. The molecule has 1 heterocycles. The highest BCUT2D eigenvalue weighted by Crippen LogP contribution is 2.24. The second-order valence-electron chi connectivity index (χ2n) is 8.57. The lowest BCUT2D eigenvalue weighted by atomic mass is 10.1. The Balaban J connectivity index is 1.49. The molecule has 0 saturated heterocycles. The molecule has 10 heteroatoms. The standard InChI is InChI=1S/C29H25N5O5/c1-33(2)23-12-8-20(9-13-23)18-26(31-28(35)22-6-4-3-5-7-22)29(36)32-30-19-25-16-17-27(39-25)21-10-14-24(15-11-21)34(37)38/h3-19H,1-2H3,(H,31,35)(H,32,36). The summed E-state index contributed by atoms with van der Waals surface area (Å²) in [5.41, 5.74) is 5.14. The van der Waals surface area contributed by atoms with Crippen LogP contribution in [0.25, 0.3) is 17.4 Å². The van der Waals surface area contributed by atoms with Crippen LogP contribution in [0.2, 0.25) is 0 Å². The molecule has 2 amide bonds. The number of hydrogen-bond acceptors (Lipinski definition) is 7. The molecule has 0 aliphatic rings. The predicted octanol–water partition coefficient (Wildman–Crippen LogP) is 4.84. The molecule has 0 bridgehead atoms. The fourth-order valence-corrected chi connectivity index (χ4v) is 3.52. The van der Waals surface area contributed by atoms with Gasteiger partial charge < -0.3 is 14.6 Å². The predicted molar refractivity (Wildman–Crippen MR) is 149 cm³/mol. The van der Waals surface area contributed by atoms with E-state index in [9.17, 15) is 19.7 Å². The second kappa shape index (κ2) is 12.2. The molecular formula is C29H25N5O5. The van der Waals surface area contributed by atoms with Crippen molar-refractivity contribution in [3.8, 4) is 11.3 Å². The number of nitro benzene ring substituents is 1. The number of nitrogens with zero attached hydrogens (tertiary/aromatic N) is 3. The van der Waals surface area contributed by atoms with Crippen LogP contribution < -0.4 is 15.6 Å². The number of nitro groups is 1. The van der Waals surface area contributed by atoms with Gasteiger partial charge in [-0.25, -0.2) is 5.43 Å². The average molecular weight is 524 g/mol. The summed E-state index contributed by atoms with van der Waals surface area (Å²) in [5, 5.41) is 17.5. The summed E-state index contributed by atoms with van der Waals surface area (Å²) in [4.78, 5) is 38.1. The Labute approximate surface area is 224 Å². The van der Waals surface area contributed by atoms with Crippen molar-refractivity contribution in [3.63, 3.8) is 0 Å². The van der Waals surface area contributed by atoms with Crippen molar-refractivity contribution < 1.29 is 18.9 Å². The first kappa shape index (κ1) is 26.6. The number of anilines is 1. The number of carbonyl (C=O) groups is 2. The van der Waals surface area contributed by atoms with Gasteiger partial charge in [0.2, 0.25) is 0 Å². The van der Waals surface area contributed by atoms with Crippen LogP contribution in [0, 0.1) is 10.1 Å². The Bertz CT molecular complexity index is 1520. The van der Waals surface area contributed by atoms with E-state index >= 15 is 0 Å². The summed E-state index contributed by atoms with van der Waals surface area (Å²) in [6.45, 7) is 0. The Morgan fingerprint density at radius 3 is 2.26 bits per heavy atom. The first-order valence-electron chi connectivity index (χ1n) is 11.8. The van der Waals surface area contributed by atoms with E-state index in [1.807, 2.05) is 43.3 Å². The van der Waals surface area contributed by atoms with Crippen LogP contribution in [0.3, 0.4) is 0 Å². The Morgan fingerprint density at radius 1 is 0.923 bits per heavy atom. The number of rotatable bonds is 9. The van der Waals surface area contributed by atoms with Crippen LogP contribution >= 0.6 is 0 Å². The lowest BCUT2D eigenvalue weighted by Gasteiger charge is -2.12. The molecule has 196 valence electrons. The summed E-state index contributed by atoms with van der Waals surface area (Å²) in [6.07, 6.45) is 2.88. The summed E-state index contributed by atoms with van der Waals surface area (Å²) >= 11 is 0. The maximum absolute atomic E-state index is 13.0. The first-order chi connectivity index (χ1) is 18.8. The van der Waals surface area contributed by atoms with Gasteiger partial charge in [-0.1, -0.05) is 30.3 Å². The van der Waals surface area contributed by atoms with Gasteiger partial charge in [-0.15, -0.1) is 0 Å². The highest BCUT2D eigenvalue weighted by Gasteiger charge is 2.15. The minimum atomic E-state index is -0.630. The molecule has 0 aliphatic heterocycles. The van der Waals surface area contributed by atoms with Crippen LogP contribution in [0.5, 0.6) is 0 Å². The molecule has 3 aromatic carbocycles. The molecule has 0 radical (unpaired) electrons. The van der Waals surface area contributed by atoms with E-state index in [0.29, 0.717) is 28.2 Å². The van der Waals surface area contributed by atoms with Crippen LogP contribution in [-0.2, 0) is 4.79 Å². The minimum absolute atomic E-state index is 0.00428. The zero-order valence-corrected chi connectivity index (χ0v) is 21.2. The van der Waals surface area contributed by atoms with E-state index in [-0.39, 0.29) is 11.4 Å². The second-order valence-corrected chi connectivity index (χ2v) is 8.57. The van der Waals surface area contributed by atoms with Gasteiger partial charge in [0, 0.05) is 43.0 Å². The molecular weight excluding hydrogens is 498 g/mol. The molecule has 4 rings (SSSR count). The Kier molecular flexibility index (Phi) is 8.27. The highest BCUT2D eigenvalue weighted by atomic mass is 16.6.